The van der Waals surface area contributed by atoms with Crippen LogP contribution < -0.4 is 10.5 Å². The fourth-order valence-corrected chi connectivity index (χ4v) is 3.11. The Kier molecular flexibility index (Phi) is 11.5. The normalized spacial score (nSPS) is 10.1. The zero-order valence-corrected chi connectivity index (χ0v) is 22.8. The summed E-state index contributed by atoms with van der Waals surface area (Å²) >= 11 is 0. The quantitative estimate of drug-likeness (QED) is 0.117. The molecule has 2 N–H and O–H groups in total. The van der Waals surface area contributed by atoms with Crippen molar-refractivity contribution in [1.82, 2.24) is 0 Å². The maximum Gasteiger partial charge on any atom is 0.339 e. The van der Waals surface area contributed by atoms with Crippen molar-refractivity contribution in [2.24, 2.45) is 5.73 Å². The lowest BCUT2D eigenvalue weighted by atomic mass is 10.0. The van der Waals surface area contributed by atoms with E-state index < -0.39 is 35.6 Å². The van der Waals surface area contributed by atoms with E-state index in [4.69, 9.17) is 29.4 Å². The molecule has 0 spiro atoms. The Bertz CT molecular complexity index is 1300. The Morgan fingerprint density at radius 1 is 0.610 bits per heavy atom. The van der Waals surface area contributed by atoms with Crippen LogP contribution in [0.1, 0.15) is 62.2 Å². The molecular weight excluding hydrogens is 538 g/mol. The molecule has 0 aliphatic carbocycles. The Morgan fingerprint density at radius 2 is 1.00 bits per heavy atom. The van der Waals surface area contributed by atoms with Crippen molar-refractivity contribution in [3.8, 4) is 11.5 Å². The van der Waals surface area contributed by atoms with E-state index in [1.807, 2.05) is 0 Å². The number of primary amides is 1. The lowest BCUT2D eigenvalue weighted by Crippen LogP contribution is -2.19. The molecule has 12 heteroatoms. The number of Topliss-reactive ketones (excluding diaryl/α,β-unsaturated/α-hetero) is 1. The molecule has 0 aliphatic heterocycles. The molecule has 12 nitrogen and oxygen atoms in total. The smallest absolute Gasteiger partial charge is 0.339 e. The van der Waals surface area contributed by atoms with Gasteiger partial charge in [-0.25, -0.2) is 19.2 Å². The minimum atomic E-state index is -0.931. The lowest BCUT2D eigenvalue weighted by molar-refractivity contribution is -0.140. The van der Waals surface area contributed by atoms with E-state index in [2.05, 4.69) is 13.2 Å². The first-order valence-corrected chi connectivity index (χ1v) is 12.1. The van der Waals surface area contributed by atoms with Gasteiger partial charge in [0.1, 0.15) is 37.9 Å². The number of ketones is 1. The summed E-state index contributed by atoms with van der Waals surface area (Å²) in [7, 11) is 0. The summed E-state index contributed by atoms with van der Waals surface area (Å²) < 4.78 is 25.7. The Hall–Kier alpha value is -5.26. The molecule has 0 heterocycles. The van der Waals surface area contributed by atoms with Gasteiger partial charge in [-0.1, -0.05) is 13.2 Å². The van der Waals surface area contributed by atoms with E-state index in [9.17, 15) is 28.8 Å². The molecule has 0 atom stereocenters. The standard InChI is InChI=1S/C29H29NO11/c1-16(2)26(33)37-10-12-39-28(35)23-14-19(6-8-21(23)18(5)31)41-20-7-9-22(25(30)32)24(15-20)29(36)40-13-11-38-27(34)17(3)4/h6-9,14-15H,1,3,10-13H2,2,4-5H3,(H2,30,32). The Balaban J connectivity index is 2.20. The topological polar surface area (TPSA) is 175 Å². The van der Waals surface area contributed by atoms with Crippen LogP contribution in [0, 0.1) is 0 Å². The summed E-state index contributed by atoms with van der Waals surface area (Å²) in [6.45, 7) is 10.1. The van der Waals surface area contributed by atoms with Gasteiger partial charge in [0.15, 0.2) is 5.78 Å². The van der Waals surface area contributed by atoms with Crippen molar-refractivity contribution < 1.29 is 52.5 Å². The van der Waals surface area contributed by atoms with E-state index in [-0.39, 0.29) is 71.3 Å². The minimum absolute atomic E-state index is 0.0574. The summed E-state index contributed by atoms with van der Waals surface area (Å²) in [5, 5.41) is 0. The fourth-order valence-electron chi connectivity index (χ4n) is 3.11. The fraction of sp³-hybridized carbons (Fsp3) is 0.241. The summed E-state index contributed by atoms with van der Waals surface area (Å²) in [5.74, 6) is -4.25. The number of ether oxygens (including phenoxy) is 5. The van der Waals surface area contributed by atoms with E-state index in [1.54, 1.807) is 0 Å². The number of esters is 4. The van der Waals surface area contributed by atoms with Crippen molar-refractivity contribution in [2.45, 2.75) is 20.8 Å². The summed E-state index contributed by atoms with van der Waals surface area (Å²) in [6, 6.07) is 7.84. The minimum Gasteiger partial charge on any atom is -0.459 e. The second-order valence-electron chi connectivity index (χ2n) is 8.54. The van der Waals surface area contributed by atoms with Gasteiger partial charge in [0.25, 0.3) is 0 Å². The number of carbonyl (C=O) groups excluding carboxylic acids is 6. The van der Waals surface area contributed by atoms with Gasteiger partial charge >= 0.3 is 23.9 Å². The van der Waals surface area contributed by atoms with Crippen LogP contribution in [0.3, 0.4) is 0 Å². The monoisotopic (exact) mass is 567 g/mol. The van der Waals surface area contributed by atoms with E-state index in [1.165, 1.54) is 57.2 Å². The average Bonchev–Trinajstić information content (AvgIpc) is 2.92. The first kappa shape index (κ1) is 32.0. The van der Waals surface area contributed by atoms with Crippen LogP contribution >= 0.6 is 0 Å². The molecule has 0 bridgehead atoms. The van der Waals surface area contributed by atoms with Gasteiger partial charge in [0, 0.05) is 16.7 Å². The third-order valence-electron chi connectivity index (χ3n) is 5.10. The largest absolute Gasteiger partial charge is 0.459 e. The number of amides is 1. The number of benzene rings is 2. The van der Waals surface area contributed by atoms with Crippen LogP contribution in [0.15, 0.2) is 60.7 Å². The SMILES string of the molecule is C=C(C)C(=O)OCCOC(=O)c1cc(Oc2ccc(C(N)=O)c(C(=O)OCCOC(=O)C(=C)C)c2)ccc1C(C)=O. The number of carbonyl (C=O) groups is 6. The van der Waals surface area contributed by atoms with E-state index >= 15 is 0 Å². The van der Waals surface area contributed by atoms with Crippen LogP contribution in [-0.4, -0.2) is 62.0 Å². The molecule has 2 rings (SSSR count). The number of hydrogen-bond acceptors (Lipinski definition) is 11. The van der Waals surface area contributed by atoms with Gasteiger partial charge in [-0.15, -0.1) is 0 Å². The number of nitrogens with two attached hydrogens (primary N) is 1. The van der Waals surface area contributed by atoms with Gasteiger partial charge in [0.05, 0.1) is 16.7 Å². The highest BCUT2D eigenvalue weighted by atomic mass is 16.6. The number of rotatable bonds is 14. The van der Waals surface area contributed by atoms with Crippen LogP contribution in [0.4, 0.5) is 0 Å². The van der Waals surface area contributed by atoms with Gasteiger partial charge in [-0.3, -0.25) is 9.59 Å². The van der Waals surface area contributed by atoms with Gasteiger partial charge in [-0.2, -0.15) is 0 Å². The predicted molar refractivity (Wildman–Crippen MR) is 144 cm³/mol. The first-order chi connectivity index (χ1) is 19.3. The Labute approximate surface area is 235 Å². The van der Waals surface area contributed by atoms with Crippen LogP contribution in [0.5, 0.6) is 11.5 Å². The molecule has 0 radical (unpaired) electrons. The average molecular weight is 568 g/mol. The van der Waals surface area contributed by atoms with E-state index in [0.717, 1.165) is 0 Å². The highest BCUT2D eigenvalue weighted by molar-refractivity contribution is 6.06. The van der Waals surface area contributed by atoms with Crippen molar-refractivity contribution in [3.63, 3.8) is 0 Å². The highest BCUT2D eigenvalue weighted by Crippen LogP contribution is 2.27. The molecule has 216 valence electrons. The molecule has 0 saturated heterocycles. The summed E-state index contributed by atoms with van der Waals surface area (Å²) in [6.07, 6.45) is 0. The first-order valence-electron chi connectivity index (χ1n) is 12.1. The third kappa shape index (κ3) is 9.46. The summed E-state index contributed by atoms with van der Waals surface area (Å²) in [4.78, 5) is 72.2. The zero-order chi connectivity index (χ0) is 30.7. The van der Waals surface area contributed by atoms with Gasteiger partial charge in [-0.05, 0) is 57.2 Å². The van der Waals surface area contributed by atoms with Crippen molar-refractivity contribution >= 4 is 35.6 Å². The molecule has 0 unspecified atom stereocenters. The molecule has 41 heavy (non-hydrogen) atoms. The van der Waals surface area contributed by atoms with E-state index in [0.29, 0.717) is 0 Å². The second kappa shape index (κ2) is 14.8. The van der Waals surface area contributed by atoms with Crippen LogP contribution in [0.25, 0.3) is 0 Å². The molecular formula is C29H29NO11. The second-order valence-corrected chi connectivity index (χ2v) is 8.54. The lowest BCUT2D eigenvalue weighted by Gasteiger charge is -2.13. The predicted octanol–water partition coefficient (Wildman–Crippen LogP) is 3.33. The van der Waals surface area contributed by atoms with Crippen LogP contribution in [0.2, 0.25) is 0 Å². The van der Waals surface area contributed by atoms with Crippen molar-refractivity contribution in [2.75, 3.05) is 26.4 Å². The molecule has 0 fully saturated rings. The molecule has 0 aromatic heterocycles. The number of hydrogen-bond donors (Lipinski definition) is 1. The third-order valence-corrected chi connectivity index (χ3v) is 5.10. The Morgan fingerprint density at radius 3 is 1.39 bits per heavy atom. The maximum atomic E-state index is 12.7. The van der Waals surface area contributed by atoms with Crippen LogP contribution in [-0.2, 0) is 28.5 Å². The van der Waals surface area contributed by atoms with Crippen molar-refractivity contribution in [3.05, 3.63) is 83.0 Å². The molecule has 2 aromatic carbocycles. The molecule has 2 aromatic rings. The molecule has 1 amide bonds. The highest BCUT2D eigenvalue weighted by Gasteiger charge is 2.21. The molecule has 0 aliphatic rings. The van der Waals surface area contributed by atoms with Gasteiger partial charge in [0.2, 0.25) is 5.91 Å². The van der Waals surface area contributed by atoms with Gasteiger partial charge < -0.3 is 29.4 Å². The maximum absolute atomic E-state index is 12.7. The summed E-state index contributed by atoms with van der Waals surface area (Å²) in [5.41, 5.74) is 5.32. The zero-order valence-electron chi connectivity index (χ0n) is 22.8. The van der Waals surface area contributed by atoms with Crippen molar-refractivity contribution in [1.29, 1.82) is 0 Å². The molecule has 0 saturated carbocycles.